The fourth-order valence-corrected chi connectivity index (χ4v) is 3.99. The first kappa shape index (κ1) is 29.3. The topological polar surface area (TPSA) is 108 Å². The van der Waals surface area contributed by atoms with Crippen molar-refractivity contribution in [2.75, 3.05) is 38.0 Å². The Bertz CT molecular complexity index is 892. The van der Waals surface area contributed by atoms with Crippen molar-refractivity contribution in [1.29, 1.82) is 0 Å². The third kappa shape index (κ3) is 11.7. The summed E-state index contributed by atoms with van der Waals surface area (Å²) in [6.45, 7) is 14.4. The number of nitrogens with one attached hydrogen (secondary N) is 3. The Hall–Kier alpha value is -2.94. The minimum Gasteiger partial charge on any atom is -0.458 e. The fourth-order valence-electron chi connectivity index (χ4n) is 3.99. The predicted octanol–water partition coefficient (Wildman–Crippen LogP) is 3.55. The normalized spacial score (nSPS) is 14.1. The highest BCUT2D eigenvalue weighted by molar-refractivity contribution is 5.78. The van der Waals surface area contributed by atoms with Crippen molar-refractivity contribution in [3.63, 3.8) is 0 Å². The zero-order valence-electron chi connectivity index (χ0n) is 22.4. The molecule has 1 aromatic rings. The van der Waals surface area contributed by atoms with Gasteiger partial charge in [0.1, 0.15) is 11.4 Å². The number of fused-ring (bicyclic) bond motifs is 1. The van der Waals surface area contributed by atoms with E-state index in [9.17, 15) is 9.59 Å². The average Bonchev–Trinajstić information content (AvgIpc) is 2.82. The van der Waals surface area contributed by atoms with Gasteiger partial charge < -0.3 is 25.6 Å². The van der Waals surface area contributed by atoms with E-state index in [1.807, 2.05) is 20.8 Å². The molecule has 36 heavy (non-hydrogen) atoms. The molecule has 1 amide bonds. The van der Waals surface area contributed by atoms with Crippen LogP contribution in [0.4, 0.5) is 5.82 Å². The molecule has 0 unspecified atom stereocenters. The third-order valence-electron chi connectivity index (χ3n) is 5.76. The molecule has 9 heteroatoms. The lowest BCUT2D eigenvalue weighted by molar-refractivity contribution is -0.156. The second kappa shape index (κ2) is 15.2. The van der Waals surface area contributed by atoms with Gasteiger partial charge in [0.25, 0.3) is 0 Å². The number of rotatable bonds is 15. The molecule has 0 fully saturated rings. The summed E-state index contributed by atoms with van der Waals surface area (Å²) in [5.74, 6) is 0.641. The van der Waals surface area contributed by atoms with E-state index in [-0.39, 0.29) is 14.7 Å². The highest BCUT2D eigenvalue weighted by Crippen LogP contribution is 2.20. The first-order valence-electron chi connectivity index (χ1n) is 13.0. The van der Waals surface area contributed by atoms with Gasteiger partial charge in [-0.15, -0.1) is 0 Å². The number of pyridine rings is 1. The molecule has 1 atom stereocenters. The van der Waals surface area contributed by atoms with E-state index in [0.717, 1.165) is 56.7 Å². The van der Waals surface area contributed by atoms with Gasteiger partial charge in [-0.1, -0.05) is 12.6 Å². The number of aliphatic imine (C=N–C) groups is 1. The molecule has 3 N–H and O–H groups in total. The van der Waals surface area contributed by atoms with E-state index in [0.29, 0.717) is 26.1 Å². The monoisotopic (exact) mass is 504 g/mol. The van der Waals surface area contributed by atoms with Crippen LogP contribution in [-0.2, 0) is 27.2 Å². The number of nitrogens with zero attached hydrogens (tertiary/aromatic N) is 3. The van der Waals surface area contributed by atoms with Gasteiger partial charge in [0.05, 0.1) is 6.34 Å². The number of esters is 1. The maximum atomic E-state index is 12.7. The molecular weight excluding hydrogens is 456 g/mol. The number of hydrogen-bond donors (Lipinski definition) is 3. The second-order valence-corrected chi connectivity index (χ2v) is 10.1. The summed E-state index contributed by atoms with van der Waals surface area (Å²) in [6.07, 6.45) is 8.68. The van der Waals surface area contributed by atoms with E-state index >= 15 is 0 Å². The van der Waals surface area contributed by atoms with E-state index in [4.69, 9.17) is 9.72 Å². The quantitative estimate of drug-likeness (QED) is 0.145. The fraction of sp³-hybridized carbons (Fsp3) is 0.630. The van der Waals surface area contributed by atoms with Crippen molar-refractivity contribution >= 4 is 24.0 Å². The molecular formula is C27H48N6O3. The minimum atomic E-state index is -0.618. The summed E-state index contributed by atoms with van der Waals surface area (Å²) in [7, 11) is 0. The minimum absolute atomic E-state index is 0. The van der Waals surface area contributed by atoms with Crippen LogP contribution in [0.25, 0.3) is 0 Å². The molecule has 0 bridgehead atoms. The third-order valence-corrected chi connectivity index (χ3v) is 5.76. The zero-order valence-corrected chi connectivity index (χ0v) is 22.4. The number of amides is 1. The number of aryl methyl sites for hydroxylation is 2. The van der Waals surface area contributed by atoms with E-state index in [2.05, 4.69) is 44.6 Å². The molecule has 2 heterocycles. The van der Waals surface area contributed by atoms with Crippen molar-refractivity contribution < 1.29 is 17.2 Å². The lowest BCUT2D eigenvalue weighted by Gasteiger charge is -2.25. The van der Waals surface area contributed by atoms with Gasteiger partial charge in [0.15, 0.2) is 6.04 Å². The van der Waals surface area contributed by atoms with E-state index in [1.54, 1.807) is 0 Å². The van der Waals surface area contributed by atoms with Gasteiger partial charge >= 0.3 is 5.97 Å². The smallest absolute Gasteiger partial charge is 0.331 e. The van der Waals surface area contributed by atoms with Crippen LogP contribution in [0.15, 0.2) is 29.9 Å². The number of anilines is 1. The maximum Gasteiger partial charge on any atom is 0.331 e. The van der Waals surface area contributed by atoms with Crippen molar-refractivity contribution in [3.8, 4) is 0 Å². The summed E-state index contributed by atoms with van der Waals surface area (Å²) in [6, 6.07) is 3.72. The number of aromatic nitrogens is 1. The summed E-state index contributed by atoms with van der Waals surface area (Å²) in [4.78, 5) is 35.5. The molecule has 2 rings (SSSR count). The number of unbranched alkanes of at least 4 members (excludes halogenated alkanes) is 1. The summed E-state index contributed by atoms with van der Waals surface area (Å²) >= 11 is 0. The molecule has 0 saturated heterocycles. The predicted molar refractivity (Wildman–Crippen MR) is 149 cm³/mol. The summed E-state index contributed by atoms with van der Waals surface area (Å²) < 4.78 is 5.57. The molecule has 0 radical (unpaired) electrons. The Morgan fingerprint density at radius 3 is 2.83 bits per heavy atom. The van der Waals surface area contributed by atoms with Crippen LogP contribution in [0.5, 0.6) is 0 Å². The maximum absolute atomic E-state index is 12.7. The number of hydrogen-bond acceptors (Lipinski definition) is 7. The average molecular weight is 505 g/mol. The Kier molecular flexibility index (Phi) is 12.4. The van der Waals surface area contributed by atoms with Gasteiger partial charge in [0, 0.05) is 41.6 Å². The summed E-state index contributed by atoms with van der Waals surface area (Å²) in [5.41, 5.74) is 1.84. The van der Waals surface area contributed by atoms with Crippen molar-refractivity contribution in [1.82, 2.24) is 20.5 Å². The van der Waals surface area contributed by atoms with E-state index < -0.39 is 11.6 Å². The Morgan fingerprint density at radius 2 is 2.11 bits per heavy atom. The number of carbonyl (C=O) groups is 2. The number of ether oxygens (including phenoxy) is 1. The molecule has 0 aromatic carbocycles. The summed E-state index contributed by atoms with van der Waals surface area (Å²) in [5, 5.41) is 9.06. The Morgan fingerprint density at radius 1 is 1.31 bits per heavy atom. The van der Waals surface area contributed by atoms with Crippen molar-refractivity contribution in [2.24, 2.45) is 4.99 Å². The molecule has 9 nitrogen and oxygen atoms in total. The zero-order chi connectivity index (χ0) is 26.4. The molecule has 1 aromatic heterocycles. The SMILES string of the molecule is C=CNC=N[C@@H](CCN(CCCCc1ccc2c(n1)NCCC2)CCNC(C)=O)C(=O)OC(C)(C)C.[HH].[HH]. The molecule has 1 aliphatic heterocycles. The van der Waals surface area contributed by atoms with Gasteiger partial charge in [-0.2, -0.15) is 0 Å². The van der Waals surface area contributed by atoms with Crippen molar-refractivity contribution in [2.45, 2.75) is 77.9 Å². The molecule has 204 valence electrons. The van der Waals surface area contributed by atoms with Crippen LogP contribution in [0.3, 0.4) is 0 Å². The van der Waals surface area contributed by atoms with Gasteiger partial charge in [-0.05, 0) is 83.7 Å². The second-order valence-electron chi connectivity index (χ2n) is 10.1. The van der Waals surface area contributed by atoms with Crippen LogP contribution < -0.4 is 16.0 Å². The lowest BCUT2D eigenvalue weighted by atomic mass is 10.1. The first-order valence-corrected chi connectivity index (χ1v) is 13.0. The Labute approximate surface area is 219 Å². The Balaban J connectivity index is 0.00000684. The lowest BCUT2D eigenvalue weighted by Crippen LogP contribution is -2.38. The highest BCUT2D eigenvalue weighted by Gasteiger charge is 2.25. The number of carbonyl (C=O) groups excluding carboxylic acids is 2. The van der Waals surface area contributed by atoms with Gasteiger partial charge in [-0.3, -0.25) is 9.79 Å². The molecule has 0 aliphatic carbocycles. The van der Waals surface area contributed by atoms with Crippen molar-refractivity contribution in [3.05, 3.63) is 36.2 Å². The standard InChI is InChI=1S/C27H44N6O3.2H2/c1-6-28-20-31-24(26(35)36-27(3,4)5)14-18-33(19-16-29-21(2)34)17-8-7-11-23-13-12-22-10-9-15-30-25(22)32-23;;/h6,12-13,20,24H,1,7-11,14-19H2,2-5H3,(H,28,31)(H,29,34)(H,30,32);2*1H/t24-;;/m0../s1. The van der Waals surface area contributed by atoms with Crippen LogP contribution >= 0.6 is 0 Å². The van der Waals surface area contributed by atoms with Gasteiger partial charge in [-0.25, -0.2) is 9.78 Å². The van der Waals surface area contributed by atoms with Crippen LogP contribution in [0, 0.1) is 0 Å². The first-order chi connectivity index (χ1) is 17.2. The highest BCUT2D eigenvalue weighted by atomic mass is 16.6. The molecule has 0 saturated carbocycles. The van der Waals surface area contributed by atoms with E-state index in [1.165, 1.54) is 25.0 Å². The molecule has 1 aliphatic rings. The van der Waals surface area contributed by atoms with Crippen LogP contribution in [0.1, 0.15) is 67.5 Å². The van der Waals surface area contributed by atoms with Crippen LogP contribution in [-0.4, -0.2) is 72.5 Å². The largest absolute Gasteiger partial charge is 0.458 e. The molecule has 0 spiro atoms. The van der Waals surface area contributed by atoms with Crippen LogP contribution in [0.2, 0.25) is 0 Å². The van der Waals surface area contributed by atoms with Gasteiger partial charge in [0.2, 0.25) is 5.91 Å².